The summed E-state index contributed by atoms with van der Waals surface area (Å²) in [6.07, 6.45) is 2.76. The molecule has 1 aliphatic heterocycles. The van der Waals surface area contributed by atoms with E-state index in [1.165, 1.54) is 0 Å². The van der Waals surface area contributed by atoms with E-state index in [0.29, 0.717) is 6.04 Å². The molecule has 1 rings (SSSR count). The molecule has 0 aromatic carbocycles. The van der Waals surface area contributed by atoms with Crippen LogP contribution in [0, 0.1) is 0 Å². The summed E-state index contributed by atoms with van der Waals surface area (Å²) < 4.78 is 5.46. The van der Waals surface area contributed by atoms with Crippen molar-refractivity contribution in [2.45, 2.75) is 51.7 Å². The van der Waals surface area contributed by atoms with E-state index in [9.17, 15) is 5.11 Å². The number of hydrogen-bond donors (Lipinski definition) is 1. The van der Waals surface area contributed by atoms with Crippen molar-refractivity contribution in [3.05, 3.63) is 0 Å². The van der Waals surface area contributed by atoms with Crippen LogP contribution in [-0.4, -0.2) is 48.0 Å². The van der Waals surface area contributed by atoms with E-state index in [4.69, 9.17) is 4.74 Å². The Kier molecular flexibility index (Phi) is 5.03. The molecule has 3 nitrogen and oxygen atoms in total. The van der Waals surface area contributed by atoms with E-state index in [0.717, 1.165) is 45.6 Å². The SMILES string of the molecule is CCC1COCCN1CC(O)(CC)CC. The van der Waals surface area contributed by atoms with Crippen molar-refractivity contribution in [1.82, 2.24) is 4.90 Å². The average molecular weight is 215 g/mol. The van der Waals surface area contributed by atoms with Crippen molar-refractivity contribution in [3.8, 4) is 0 Å². The molecule has 1 heterocycles. The monoisotopic (exact) mass is 215 g/mol. The molecular weight excluding hydrogens is 190 g/mol. The molecule has 3 heteroatoms. The van der Waals surface area contributed by atoms with Crippen LogP contribution in [0.1, 0.15) is 40.0 Å². The molecule has 0 amide bonds. The highest BCUT2D eigenvalue weighted by atomic mass is 16.5. The predicted molar refractivity (Wildman–Crippen MR) is 62.0 cm³/mol. The van der Waals surface area contributed by atoms with Crippen LogP contribution in [-0.2, 0) is 4.74 Å². The minimum atomic E-state index is -0.509. The Morgan fingerprint density at radius 1 is 1.33 bits per heavy atom. The maximum absolute atomic E-state index is 10.3. The zero-order valence-corrected chi connectivity index (χ0v) is 10.3. The summed E-state index contributed by atoms with van der Waals surface area (Å²) in [5, 5.41) is 10.3. The van der Waals surface area contributed by atoms with Gasteiger partial charge in [0.05, 0.1) is 18.8 Å². The lowest BCUT2D eigenvalue weighted by molar-refractivity contribution is -0.0634. The van der Waals surface area contributed by atoms with Gasteiger partial charge in [0.2, 0.25) is 0 Å². The lowest BCUT2D eigenvalue weighted by Gasteiger charge is -2.40. The van der Waals surface area contributed by atoms with Crippen molar-refractivity contribution < 1.29 is 9.84 Å². The van der Waals surface area contributed by atoms with Gasteiger partial charge >= 0.3 is 0 Å². The first-order valence-electron chi connectivity index (χ1n) is 6.19. The topological polar surface area (TPSA) is 32.7 Å². The Bertz CT molecular complexity index is 180. The first-order valence-corrected chi connectivity index (χ1v) is 6.19. The van der Waals surface area contributed by atoms with Gasteiger partial charge < -0.3 is 9.84 Å². The molecule has 1 aliphatic rings. The molecule has 0 radical (unpaired) electrons. The molecule has 90 valence electrons. The van der Waals surface area contributed by atoms with Crippen molar-refractivity contribution in [2.24, 2.45) is 0 Å². The number of ether oxygens (including phenoxy) is 1. The second kappa shape index (κ2) is 5.83. The van der Waals surface area contributed by atoms with E-state index in [1.807, 2.05) is 0 Å². The molecule has 0 aliphatic carbocycles. The smallest absolute Gasteiger partial charge is 0.0769 e. The zero-order chi connectivity index (χ0) is 11.3. The Morgan fingerprint density at radius 2 is 2.00 bits per heavy atom. The maximum atomic E-state index is 10.3. The largest absolute Gasteiger partial charge is 0.389 e. The summed E-state index contributed by atoms with van der Waals surface area (Å²) in [7, 11) is 0. The predicted octanol–water partition coefficient (Wildman–Crippen LogP) is 1.65. The molecule has 1 saturated heterocycles. The number of β-amino-alcohol motifs (C(OH)–C–C–N with tert-alkyl or cyclic N) is 1. The van der Waals surface area contributed by atoms with Crippen LogP contribution < -0.4 is 0 Å². The Labute approximate surface area is 93.4 Å². The Hall–Kier alpha value is -0.120. The van der Waals surface area contributed by atoms with Crippen LogP contribution in [0.5, 0.6) is 0 Å². The third-order valence-corrected chi connectivity index (χ3v) is 3.63. The number of nitrogens with zero attached hydrogens (tertiary/aromatic N) is 1. The lowest BCUT2D eigenvalue weighted by atomic mass is 9.95. The van der Waals surface area contributed by atoms with Crippen LogP contribution >= 0.6 is 0 Å². The summed E-state index contributed by atoms with van der Waals surface area (Å²) >= 11 is 0. The van der Waals surface area contributed by atoms with E-state index in [-0.39, 0.29) is 0 Å². The molecule has 0 spiro atoms. The van der Waals surface area contributed by atoms with Crippen molar-refractivity contribution in [3.63, 3.8) is 0 Å². The fourth-order valence-electron chi connectivity index (χ4n) is 2.13. The second-order valence-electron chi connectivity index (χ2n) is 4.54. The van der Waals surface area contributed by atoms with Gasteiger partial charge in [-0.3, -0.25) is 4.90 Å². The van der Waals surface area contributed by atoms with Gasteiger partial charge in [0.25, 0.3) is 0 Å². The fourth-order valence-corrected chi connectivity index (χ4v) is 2.13. The highest BCUT2D eigenvalue weighted by Gasteiger charge is 2.30. The molecule has 15 heavy (non-hydrogen) atoms. The van der Waals surface area contributed by atoms with E-state index >= 15 is 0 Å². The molecule has 0 saturated carbocycles. The third-order valence-electron chi connectivity index (χ3n) is 3.63. The molecule has 1 unspecified atom stereocenters. The summed E-state index contributed by atoms with van der Waals surface area (Å²) in [5.41, 5.74) is -0.509. The molecule has 1 N–H and O–H groups in total. The average Bonchev–Trinajstić information content (AvgIpc) is 2.29. The zero-order valence-electron chi connectivity index (χ0n) is 10.3. The van der Waals surface area contributed by atoms with Crippen LogP contribution in [0.25, 0.3) is 0 Å². The highest BCUT2D eigenvalue weighted by molar-refractivity contribution is 4.84. The lowest BCUT2D eigenvalue weighted by Crippen LogP contribution is -2.52. The summed E-state index contributed by atoms with van der Waals surface area (Å²) in [4.78, 5) is 2.39. The minimum Gasteiger partial charge on any atom is -0.389 e. The van der Waals surface area contributed by atoms with Gasteiger partial charge in [-0.05, 0) is 19.3 Å². The van der Waals surface area contributed by atoms with Crippen LogP contribution in [0.15, 0.2) is 0 Å². The van der Waals surface area contributed by atoms with Gasteiger partial charge in [-0.15, -0.1) is 0 Å². The van der Waals surface area contributed by atoms with Gasteiger partial charge in [-0.1, -0.05) is 20.8 Å². The van der Waals surface area contributed by atoms with Crippen LogP contribution in [0.2, 0.25) is 0 Å². The quantitative estimate of drug-likeness (QED) is 0.757. The maximum Gasteiger partial charge on any atom is 0.0769 e. The van der Waals surface area contributed by atoms with Gasteiger partial charge in [-0.2, -0.15) is 0 Å². The van der Waals surface area contributed by atoms with Crippen molar-refractivity contribution in [2.75, 3.05) is 26.3 Å². The first-order chi connectivity index (χ1) is 7.15. The normalized spacial score (nSPS) is 24.4. The fraction of sp³-hybridized carbons (Fsp3) is 1.00. The molecule has 0 aromatic rings. The summed E-state index contributed by atoms with van der Waals surface area (Å²) in [6, 6.07) is 0.489. The van der Waals surface area contributed by atoms with Gasteiger partial charge in [0, 0.05) is 19.1 Å². The van der Waals surface area contributed by atoms with Crippen molar-refractivity contribution >= 4 is 0 Å². The molecule has 1 fully saturated rings. The Balaban J connectivity index is 2.53. The summed E-state index contributed by atoms with van der Waals surface area (Å²) in [6.45, 7) is 9.68. The number of morpholine rings is 1. The Morgan fingerprint density at radius 3 is 2.53 bits per heavy atom. The summed E-state index contributed by atoms with van der Waals surface area (Å²) in [5.74, 6) is 0. The van der Waals surface area contributed by atoms with Crippen LogP contribution in [0.4, 0.5) is 0 Å². The molecule has 0 bridgehead atoms. The third kappa shape index (κ3) is 3.44. The van der Waals surface area contributed by atoms with E-state index in [1.54, 1.807) is 0 Å². The van der Waals surface area contributed by atoms with E-state index in [2.05, 4.69) is 25.7 Å². The van der Waals surface area contributed by atoms with Gasteiger partial charge in [-0.25, -0.2) is 0 Å². The van der Waals surface area contributed by atoms with Gasteiger partial charge in [0.15, 0.2) is 0 Å². The van der Waals surface area contributed by atoms with Crippen molar-refractivity contribution in [1.29, 1.82) is 0 Å². The number of aliphatic hydroxyl groups is 1. The van der Waals surface area contributed by atoms with Crippen LogP contribution in [0.3, 0.4) is 0 Å². The molecular formula is C12H25NO2. The minimum absolute atomic E-state index is 0.489. The molecule has 1 atom stereocenters. The number of rotatable bonds is 5. The highest BCUT2D eigenvalue weighted by Crippen LogP contribution is 2.20. The first kappa shape index (κ1) is 12.9. The number of hydrogen-bond acceptors (Lipinski definition) is 3. The van der Waals surface area contributed by atoms with Gasteiger partial charge in [0.1, 0.15) is 0 Å². The molecule has 0 aromatic heterocycles. The van der Waals surface area contributed by atoms with E-state index < -0.39 is 5.60 Å². The second-order valence-corrected chi connectivity index (χ2v) is 4.54. The standard InChI is InChI=1S/C12H25NO2/c1-4-11-9-15-8-7-13(11)10-12(14,5-2)6-3/h11,14H,4-10H2,1-3H3.